The number of hydrogen-bond donors (Lipinski definition) is 2. The summed E-state index contributed by atoms with van der Waals surface area (Å²) in [5.41, 5.74) is 11.8. The second-order valence-electron chi connectivity index (χ2n) is 8.34. The molecule has 0 radical (unpaired) electrons. The Hall–Kier alpha value is -3.09. The highest BCUT2D eigenvalue weighted by molar-refractivity contribution is 5.61. The largest absolute Gasteiger partial charge is 0.497 e. The van der Waals surface area contributed by atoms with Crippen molar-refractivity contribution in [2.75, 3.05) is 25.2 Å². The van der Waals surface area contributed by atoms with E-state index in [1.54, 1.807) is 7.11 Å². The first-order valence-corrected chi connectivity index (χ1v) is 11.1. The Bertz CT molecular complexity index is 1070. The van der Waals surface area contributed by atoms with Crippen molar-refractivity contribution in [2.24, 2.45) is 5.92 Å². The quantitative estimate of drug-likeness (QED) is 0.587. The zero-order chi connectivity index (χ0) is 22.1. The number of rotatable bonds is 6. The zero-order valence-corrected chi connectivity index (χ0v) is 18.3. The van der Waals surface area contributed by atoms with Crippen molar-refractivity contribution in [3.05, 3.63) is 89.2 Å². The van der Waals surface area contributed by atoms with Crippen molar-refractivity contribution in [1.29, 1.82) is 0 Å². The highest BCUT2D eigenvalue weighted by Crippen LogP contribution is 2.46. The summed E-state index contributed by atoms with van der Waals surface area (Å²) in [5.74, 6) is 1.83. The normalized spacial score (nSPS) is 21.7. The van der Waals surface area contributed by atoms with Crippen LogP contribution in [0.1, 0.15) is 35.7 Å². The van der Waals surface area contributed by atoms with Crippen LogP contribution in [0.4, 0.5) is 10.1 Å². The van der Waals surface area contributed by atoms with E-state index in [-0.39, 0.29) is 17.9 Å². The van der Waals surface area contributed by atoms with E-state index in [9.17, 15) is 4.39 Å². The predicted molar refractivity (Wildman–Crippen MR) is 123 cm³/mol. The molecule has 5 rings (SSSR count). The minimum atomic E-state index is -0.211. The smallest absolute Gasteiger partial charge is 0.123 e. The van der Waals surface area contributed by atoms with Crippen LogP contribution in [0, 0.1) is 11.7 Å². The second-order valence-corrected chi connectivity index (χ2v) is 8.34. The molecular formula is C26H28FN3O2. The van der Waals surface area contributed by atoms with E-state index in [4.69, 9.17) is 9.47 Å². The third-order valence-electron chi connectivity index (χ3n) is 6.43. The van der Waals surface area contributed by atoms with E-state index in [1.165, 1.54) is 28.9 Å². The summed E-state index contributed by atoms with van der Waals surface area (Å²) >= 11 is 0. The van der Waals surface area contributed by atoms with Gasteiger partial charge in [-0.3, -0.25) is 0 Å². The molecular weight excluding hydrogens is 405 g/mol. The minimum absolute atomic E-state index is 0.158. The highest BCUT2D eigenvalue weighted by atomic mass is 19.1. The van der Waals surface area contributed by atoms with Gasteiger partial charge in [0.2, 0.25) is 0 Å². The first kappa shape index (κ1) is 20.8. The average Bonchev–Trinajstić information content (AvgIpc) is 3.25. The Balaban J connectivity index is 1.47. The molecule has 3 aromatic carbocycles. The number of anilines is 1. The van der Waals surface area contributed by atoms with Crippen LogP contribution in [0.2, 0.25) is 0 Å². The molecule has 0 saturated carbocycles. The molecule has 2 aliphatic rings. The Morgan fingerprint density at radius 1 is 0.938 bits per heavy atom. The molecule has 32 heavy (non-hydrogen) atoms. The van der Waals surface area contributed by atoms with Gasteiger partial charge in [-0.1, -0.05) is 24.3 Å². The van der Waals surface area contributed by atoms with Crippen LogP contribution in [0.3, 0.4) is 0 Å². The van der Waals surface area contributed by atoms with Gasteiger partial charge in [0.05, 0.1) is 25.8 Å². The fourth-order valence-corrected chi connectivity index (χ4v) is 4.88. The zero-order valence-electron chi connectivity index (χ0n) is 18.3. The van der Waals surface area contributed by atoms with Gasteiger partial charge in [-0.25, -0.2) is 15.2 Å². The van der Waals surface area contributed by atoms with Crippen LogP contribution in [-0.4, -0.2) is 20.3 Å². The van der Waals surface area contributed by atoms with E-state index < -0.39 is 0 Å². The van der Waals surface area contributed by atoms with Gasteiger partial charge in [-0.15, -0.1) is 0 Å². The van der Waals surface area contributed by atoms with Crippen LogP contribution in [0.25, 0.3) is 0 Å². The number of ether oxygens (including phenoxy) is 2. The maximum Gasteiger partial charge on any atom is 0.123 e. The van der Waals surface area contributed by atoms with Gasteiger partial charge < -0.3 is 14.4 Å². The van der Waals surface area contributed by atoms with Crippen LogP contribution in [-0.2, 0) is 6.54 Å². The lowest BCUT2D eigenvalue weighted by molar-refractivity contribution is 0.339. The lowest BCUT2D eigenvalue weighted by Crippen LogP contribution is -2.39. The molecule has 0 bridgehead atoms. The Labute approximate surface area is 188 Å². The molecule has 2 heterocycles. The third-order valence-corrected chi connectivity index (χ3v) is 6.43. The lowest BCUT2D eigenvalue weighted by Gasteiger charge is -2.39. The fourth-order valence-electron chi connectivity index (χ4n) is 4.88. The maximum absolute atomic E-state index is 13.4. The summed E-state index contributed by atoms with van der Waals surface area (Å²) in [7, 11) is 1.70. The number of nitrogens with one attached hydrogen (secondary N) is 2. The van der Waals surface area contributed by atoms with Crippen molar-refractivity contribution >= 4 is 5.69 Å². The first-order valence-electron chi connectivity index (χ1n) is 11.1. The predicted octanol–water partition coefficient (Wildman–Crippen LogP) is 4.76. The van der Waals surface area contributed by atoms with Gasteiger partial charge in [0, 0.05) is 24.7 Å². The molecule has 2 aliphatic heterocycles. The topological polar surface area (TPSA) is 45.8 Å². The number of fused-ring (bicyclic) bond motifs is 3. The lowest BCUT2D eigenvalue weighted by atomic mass is 9.82. The SMILES string of the molecule is CCOc1ccc(C2NNC3c4cc(OC)ccc4N(Cc4ccc(F)cc4)CC23)cc1. The average molecular weight is 434 g/mol. The molecule has 5 nitrogen and oxygen atoms in total. The monoisotopic (exact) mass is 433 g/mol. The van der Waals surface area contributed by atoms with Crippen molar-refractivity contribution in [2.45, 2.75) is 25.6 Å². The van der Waals surface area contributed by atoms with Crippen molar-refractivity contribution in [1.82, 2.24) is 10.9 Å². The van der Waals surface area contributed by atoms with Crippen LogP contribution >= 0.6 is 0 Å². The number of hydrazine groups is 1. The van der Waals surface area contributed by atoms with Crippen molar-refractivity contribution in [3.63, 3.8) is 0 Å². The van der Waals surface area contributed by atoms with Crippen molar-refractivity contribution in [3.8, 4) is 11.5 Å². The molecule has 2 N–H and O–H groups in total. The van der Waals surface area contributed by atoms with Gasteiger partial charge >= 0.3 is 0 Å². The van der Waals surface area contributed by atoms with E-state index in [0.717, 1.165) is 30.2 Å². The standard InChI is InChI=1S/C26H28FN3O2/c1-3-32-20-10-6-18(7-11-20)25-23-16-30(15-17-4-8-19(27)9-5-17)24-13-12-21(31-2)14-22(24)26(23)29-28-25/h4-14,23,25-26,28-29H,3,15-16H2,1-2H3. The third kappa shape index (κ3) is 3.92. The van der Waals surface area contributed by atoms with Gasteiger partial charge in [-0.05, 0) is 66.1 Å². The second kappa shape index (κ2) is 8.81. The van der Waals surface area contributed by atoms with Gasteiger partial charge in [0.15, 0.2) is 0 Å². The number of benzene rings is 3. The summed E-state index contributed by atoms with van der Waals surface area (Å²) in [6, 6.07) is 21.7. The van der Waals surface area contributed by atoms with Gasteiger partial charge in [0.25, 0.3) is 0 Å². The molecule has 1 fully saturated rings. The maximum atomic E-state index is 13.4. The number of halogens is 1. The number of hydrogen-bond acceptors (Lipinski definition) is 5. The molecule has 166 valence electrons. The minimum Gasteiger partial charge on any atom is -0.497 e. The van der Waals surface area contributed by atoms with E-state index in [0.29, 0.717) is 12.5 Å². The molecule has 3 atom stereocenters. The summed E-state index contributed by atoms with van der Waals surface area (Å²) in [4.78, 5) is 2.39. The molecule has 3 unspecified atom stereocenters. The molecule has 0 amide bonds. The summed E-state index contributed by atoms with van der Waals surface area (Å²) in [6.45, 7) is 4.24. The van der Waals surface area contributed by atoms with E-state index in [1.807, 2.05) is 37.3 Å². The fraction of sp³-hybridized carbons (Fsp3) is 0.308. The molecule has 0 spiro atoms. The molecule has 6 heteroatoms. The van der Waals surface area contributed by atoms with E-state index in [2.05, 4.69) is 40.0 Å². The Morgan fingerprint density at radius 3 is 2.38 bits per heavy atom. The summed E-state index contributed by atoms with van der Waals surface area (Å²) in [5, 5.41) is 0. The number of methoxy groups -OCH3 is 1. The van der Waals surface area contributed by atoms with Crippen LogP contribution < -0.4 is 25.2 Å². The molecule has 0 aromatic heterocycles. The molecule has 1 saturated heterocycles. The number of nitrogens with zero attached hydrogens (tertiary/aromatic N) is 1. The Morgan fingerprint density at radius 2 is 1.66 bits per heavy atom. The van der Waals surface area contributed by atoms with Crippen LogP contribution in [0.5, 0.6) is 11.5 Å². The van der Waals surface area contributed by atoms with Gasteiger partial charge in [0.1, 0.15) is 17.3 Å². The summed E-state index contributed by atoms with van der Waals surface area (Å²) < 4.78 is 24.6. The van der Waals surface area contributed by atoms with E-state index >= 15 is 0 Å². The highest BCUT2D eigenvalue weighted by Gasteiger charge is 2.43. The van der Waals surface area contributed by atoms with Crippen molar-refractivity contribution < 1.29 is 13.9 Å². The van der Waals surface area contributed by atoms with Gasteiger partial charge in [-0.2, -0.15) is 0 Å². The molecule has 3 aromatic rings. The summed E-state index contributed by atoms with van der Waals surface area (Å²) in [6.07, 6.45) is 0. The molecule has 0 aliphatic carbocycles. The first-order chi connectivity index (χ1) is 15.7. The Kier molecular flexibility index (Phi) is 5.72. The van der Waals surface area contributed by atoms with Crippen LogP contribution in [0.15, 0.2) is 66.7 Å².